The molecule has 21 heavy (non-hydrogen) atoms. The highest BCUT2D eigenvalue weighted by Crippen LogP contribution is 2.25. The molecule has 1 aliphatic heterocycles. The molecule has 0 amide bonds. The molecule has 1 aliphatic rings. The van der Waals surface area contributed by atoms with Gasteiger partial charge < -0.3 is 20.3 Å². The monoisotopic (exact) mass is 291 g/mol. The van der Waals surface area contributed by atoms with Gasteiger partial charge in [-0.15, -0.1) is 0 Å². The van der Waals surface area contributed by atoms with Crippen LogP contribution in [-0.2, 0) is 0 Å². The lowest BCUT2D eigenvalue weighted by atomic mass is 10.0. The van der Waals surface area contributed by atoms with E-state index in [9.17, 15) is 0 Å². The van der Waals surface area contributed by atoms with Gasteiger partial charge in [0.25, 0.3) is 0 Å². The second kappa shape index (κ2) is 7.78. The summed E-state index contributed by atoms with van der Waals surface area (Å²) >= 11 is 0. The Labute approximate surface area is 128 Å². The van der Waals surface area contributed by atoms with Crippen LogP contribution in [-0.4, -0.2) is 56.2 Å². The first-order valence-electron chi connectivity index (χ1n) is 7.98. The molecule has 2 N–H and O–H groups in total. The SMILES string of the molecule is CCOc1ccccc1C(N)CN1CCC(N(C)C)CC1. The molecule has 0 saturated carbocycles. The maximum absolute atomic E-state index is 6.42. The van der Waals surface area contributed by atoms with E-state index in [1.807, 2.05) is 25.1 Å². The summed E-state index contributed by atoms with van der Waals surface area (Å²) < 4.78 is 5.69. The minimum absolute atomic E-state index is 0.0173. The van der Waals surface area contributed by atoms with E-state index in [1.165, 1.54) is 12.8 Å². The largest absolute Gasteiger partial charge is 0.494 e. The van der Waals surface area contributed by atoms with Gasteiger partial charge in [0.2, 0.25) is 0 Å². The molecule has 0 spiro atoms. The summed E-state index contributed by atoms with van der Waals surface area (Å²) in [6.45, 7) is 5.86. The van der Waals surface area contributed by atoms with Crippen molar-refractivity contribution in [2.75, 3.05) is 40.3 Å². The van der Waals surface area contributed by atoms with Gasteiger partial charge in [-0.25, -0.2) is 0 Å². The number of rotatable bonds is 6. The van der Waals surface area contributed by atoms with Gasteiger partial charge in [-0.3, -0.25) is 0 Å². The van der Waals surface area contributed by atoms with E-state index in [0.29, 0.717) is 12.6 Å². The average Bonchev–Trinajstić information content (AvgIpc) is 2.48. The predicted molar refractivity (Wildman–Crippen MR) is 87.7 cm³/mol. The van der Waals surface area contributed by atoms with Crippen LogP contribution in [0.25, 0.3) is 0 Å². The van der Waals surface area contributed by atoms with Gasteiger partial charge in [-0.2, -0.15) is 0 Å². The first kappa shape index (κ1) is 16.3. The summed E-state index contributed by atoms with van der Waals surface area (Å²) in [6.07, 6.45) is 2.46. The molecule has 1 heterocycles. The van der Waals surface area contributed by atoms with Crippen molar-refractivity contribution in [3.05, 3.63) is 29.8 Å². The molecule has 0 radical (unpaired) electrons. The second-order valence-corrected chi connectivity index (χ2v) is 6.07. The van der Waals surface area contributed by atoms with Crippen molar-refractivity contribution in [2.45, 2.75) is 31.8 Å². The Kier molecular flexibility index (Phi) is 6.03. The smallest absolute Gasteiger partial charge is 0.124 e. The van der Waals surface area contributed by atoms with E-state index < -0.39 is 0 Å². The number of hydrogen-bond acceptors (Lipinski definition) is 4. The first-order valence-corrected chi connectivity index (χ1v) is 7.98. The number of nitrogens with two attached hydrogens (primary N) is 1. The van der Waals surface area contributed by atoms with Crippen LogP contribution in [0, 0.1) is 0 Å². The molecule has 0 bridgehead atoms. The van der Waals surface area contributed by atoms with Crippen LogP contribution in [0.3, 0.4) is 0 Å². The Hall–Kier alpha value is -1.10. The van der Waals surface area contributed by atoms with E-state index >= 15 is 0 Å². The van der Waals surface area contributed by atoms with Crippen molar-refractivity contribution in [3.63, 3.8) is 0 Å². The number of likely N-dealkylation sites (tertiary alicyclic amines) is 1. The third-order valence-electron chi connectivity index (χ3n) is 4.36. The summed E-state index contributed by atoms with van der Waals surface area (Å²) in [5.41, 5.74) is 7.54. The van der Waals surface area contributed by atoms with Crippen LogP contribution in [0.15, 0.2) is 24.3 Å². The van der Waals surface area contributed by atoms with Crippen molar-refractivity contribution < 1.29 is 4.74 Å². The zero-order valence-electron chi connectivity index (χ0n) is 13.6. The molecule has 118 valence electrons. The van der Waals surface area contributed by atoms with Gasteiger partial charge in [-0.1, -0.05) is 18.2 Å². The molecule has 1 saturated heterocycles. The lowest BCUT2D eigenvalue weighted by molar-refractivity contribution is 0.139. The topological polar surface area (TPSA) is 41.7 Å². The van der Waals surface area contributed by atoms with Crippen molar-refractivity contribution in [3.8, 4) is 5.75 Å². The standard InChI is InChI=1S/C17H29N3O/c1-4-21-17-8-6-5-7-15(17)16(18)13-20-11-9-14(10-12-20)19(2)3/h5-8,14,16H,4,9-13,18H2,1-3H3. The zero-order chi connectivity index (χ0) is 15.2. The molecule has 1 aromatic carbocycles. The Morgan fingerprint density at radius 3 is 2.57 bits per heavy atom. The molecular formula is C17H29N3O. The van der Waals surface area contributed by atoms with Crippen LogP contribution in [0.4, 0.5) is 0 Å². The second-order valence-electron chi connectivity index (χ2n) is 6.07. The quantitative estimate of drug-likeness (QED) is 0.871. The van der Waals surface area contributed by atoms with Crippen LogP contribution in [0.1, 0.15) is 31.4 Å². The number of ether oxygens (including phenoxy) is 1. The highest BCUT2D eigenvalue weighted by atomic mass is 16.5. The fourth-order valence-electron chi connectivity index (χ4n) is 3.07. The van der Waals surface area contributed by atoms with Crippen molar-refractivity contribution in [1.82, 2.24) is 9.80 Å². The van der Waals surface area contributed by atoms with Gasteiger partial charge in [0.15, 0.2) is 0 Å². The maximum atomic E-state index is 6.42. The van der Waals surface area contributed by atoms with Gasteiger partial charge in [-0.05, 0) is 53.0 Å². The predicted octanol–water partition coefficient (Wildman–Crippen LogP) is 2.11. The summed E-state index contributed by atoms with van der Waals surface area (Å²) in [6, 6.07) is 8.87. The van der Waals surface area contributed by atoms with Crippen LogP contribution in [0.2, 0.25) is 0 Å². The maximum Gasteiger partial charge on any atom is 0.124 e. The van der Waals surface area contributed by atoms with Crippen LogP contribution in [0.5, 0.6) is 5.75 Å². The van der Waals surface area contributed by atoms with Crippen molar-refractivity contribution >= 4 is 0 Å². The summed E-state index contributed by atoms with van der Waals surface area (Å²) in [7, 11) is 4.34. The van der Waals surface area contributed by atoms with Crippen LogP contribution < -0.4 is 10.5 Å². The zero-order valence-corrected chi connectivity index (χ0v) is 13.6. The molecule has 0 aromatic heterocycles. The molecule has 4 heteroatoms. The molecular weight excluding hydrogens is 262 g/mol. The normalized spacial score (nSPS) is 18.9. The number of hydrogen-bond donors (Lipinski definition) is 1. The van der Waals surface area contributed by atoms with Gasteiger partial charge in [0.1, 0.15) is 5.75 Å². The Morgan fingerprint density at radius 2 is 1.95 bits per heavy atom. The third-order valence-corrected chi connectivity index (χ3v) is 4.36. The Balaban J connectivity index is 1.92. The Morgan fingerprint density at radius 1 is 1.29 bits per heavy atom. The van der Waals surface area contributed by atoms with E-state index in [-0.39, 0.29) is 6.04 Å². The molecule has 0 aliphatic carbocycles. The minimum Gasteiger partial charge on any atom is -0.494 e. The fourth-order valence-corrected chi connectivity index (χ4v) is 3.07. The van der Waals surface area contributed by atoms with Gasteiger partial charge in [0.05, 0.1) is 6.61 Å². The first-order chi connectivity index (χ1) is 10.1. The highest BCUT2D eigenvalue weighted by molar-refractivity contribution is 5.36. The molecule has 1 atom stereocenters. The van der Waals surface area contributed by atoms with E-state index in [1.54, 1.807) is 0 Å². The van der Waals surface area contributed by atoms with E-state index in [4.69, 9.17) is 10.5 Å². The third kappa shape index (κ3) is 4.43. The van der Waals surface area contributed by atoms with Crippen LogP contribution >= 0.6 is 0 Å². The minimum atomic E-state index is 0.0173. The summed E-state index contributed by atoms with van der Waals surface area (Å²) in [5, 5.41) is 0. The Bertz CT molecular complexity index is 428. The van der Waals surface area contributed by atoms with Gasteiger partial charge >= 0.3 is 0 Å². The van der Waals surface area contributed by atoms with E-state index in [0.717, 1.165) is 30.9 Å². The molecule has 2 rings (SSSR count). The molecule has 4 nitrogen and oxygen atoms in total. The number of piperidine rings is 1. The molecule has 1 fully saturated rings. The summed E-state index contributed by atoms with van der Waals surface area (Å²) in [4.78, 5) is 4.81. The molecule has 1 unspecified atom stereocenters. The van der Waals surface area contributed by atoms with Crippen molar-refractivity contribution in [2.24, 2.45) is 5.73 Å². The van der Waals surface area contributed by atoms with Crippen molar-refractivity contribution in [1.29, 1.82) is 0 Å². The summed E-state index contributed by atoms with van der Waals surface area (Å²) in [5.74, 6) is 0.927. The average molecular weight is 291 g/mol. The van der Waals surface area contributed by atoms with Gasteiger partial charge in [0, 0.05) is 24.2 Å². The molecule has 1 aromatic rings. The number of nitrogens with zero attached hydrogens (tertiary/aromatic N) is 2. The highest BCUT2D eigenvalue weighted by Gasteiger charge is 2.23. The van der Waals surface area contributed by atoms with E-state index in [2.05, 4.69) is 30.0 Å². The lowest BCUT2D eigenvalue weighted by Crippen LogP contribution is -2.44. The number of benzene rings is 1. The fraction of sp³-hybridized carbons (Fsp3) is 0.647. The number of para-hydroxylation sites is 1. The lowest BCUT2D eigenvalue weighted by Gasteiger charge is -2.36.